The summed E-state index contributed by atoms with van der Waals surface area (Å²) in [5.41, 5.74) is 0.738. The minimum atomic E-state index is -0.0918. The topological polar surface area (TPSA) is 23.6 Å². The zero-order chi connectivity index (χ0) is 15.4. The van der Waals surface area contributed by atoms with Crippen molar-refractivity contribution in [2.24, 2.45) is 5.92 Å². The average Bonchev–Trinajstić information content (AvgIpc) is 2.49. The van der Waals surface area contributed by atoms with Gasteiger partial charge in [-0.05, 0) is 77.1 Å². The molecule has 21 heavy (non-hydrogen) atoms. The van der Waals surface area contributed by atoms with Crippen LogP contribution in [0.2, 0.25) is 5.02 Å². The maximum atomic E-state index is 12.5. The molecule has 1 unspecified atom stereocenters. The summed E-state index contributed by atoms with van der Waals surface area (Å²) in [4.78, 5) is 17.1. The lowest BCUT2D eigenvalue weighted by Crippen LogP contribution is -2.41. The van der Waals surface area contributed by atoms with Crippen LogP contribution in [-0.2, 0) is 0 Å². The van der Waals surface area contributed by atoms with Gasteiger partial charge >= 0.3 is 0 Å². The van der Waals surface area contributed by atoms with E-state index in [1.807, 2.05) is 19.1 Å². The Bertz CT molecular complexity index is 466. The van der Waals surface area contributed by atoms with Gasteiger partial charge in [-0.15, -0.1) is 0 Å². The van der Waals surface area contributed by atoms with Crippen molar-refractivity contribution in [2.75, 3.05) is 33.7 Å². The summed E-state index contributed by atoms with van der Waals surface area (Å²) < 4.78 is 0. The number of likely N-dealkylation sites (tertiary alicyclic amines) is 1. The Morgan fingerprint density at radius 1 is 1.33 bits per heavy atom. The van der Waals surface area contributed by atoms with Gasteiger partial charge in [0.25, 0.3) is 0 Å². The molecule has 4 heteroatoms. The van der Waals surface area contributed by atoms with Crippen LogP contribution in [0.1, 0.15) is 30.1 Å². The number of piperidine rings is 1. The second kappa shape index (κ2) is 7.39. The van der Waals surface area contributed by atoms with Gasteiger partial charge in [-0.3, -0.25) is 9.69 Å². The van der Waals surface area contributed by atoms with Crippen LogP contribution in [0.25, 0.3) is 0 Å². The van der Waals surface area contributed by atoms with Gasteiger partial charge in [0.2, 0.25) is 0 Å². The highest BCUT2D eigenvalue weighted by Crippen LogP contribution is 2.19. The number of halogens is 1. The first-order chi connectivity index (χ1) is 9.97. The van der Waals surface area contributed by atoms with E-state index in [0.29, 0.717) is 10.9 Å². The van der Waals surface area contributed by atoms with E-state index in [9.17, 15) is 4.79 Å². The largest absolute Gasteiger partial charge is 0.306 e. The molecule has 1 fully saturated rings. The van der Waals surface area contributed by atoms with Gasteiger partial charge in [0.1, 0.15) is 0 Å². The predicted octanol–water partition coefficient (Wildman–Crippen LogP) is 3.18. The molecule has 0 N–H and O–H groups in total. The highest BCUT2D eigenvalue weighted by Gasteiger charge is 2.24. The van der Waals surface area contributed by atoms with Gasteiger partial charge in [-0.2, -0.15) is 0 Å². The maximum Gasteiger partial charge on any atom is 0.179 e. The van der Waals surface area contributed by atoms with Crippen LogP contribution in [0.5, 0.6) is 0 Å². The van der Waals surface area contributed by atoms with Crippen molar-refractivity contribution in [3.63, 3.8) is 0 Å². The van der Waals surface area contributed by atoms with Crippen molar-refractivity contribution >= 4 is 17.4 Å². The Balaban J connectivity index is 1.90. The Kier molecular flexibility index (Phi) is 5.80. The highest BCUT2D eigenvalue weighted by molar-refractivity contribution is 6.30. The summed E-state index contributed by atoms with van der Waals surface area (Å²) in [7, 11) is 4.23. The average molecular weight is 309 g/mol. The SMILES string of the molecule is CC(C(=O)c1ccc(Cl)cc1)N(C)CC1CCN(C)CC1. The molecule has 2 rings (SSSR count). The van der Waals surface area contributed by atoms with E-state index >= 15 is 0 Å². The van der Waals surface area contributed by atoms with Crippen LogP contribution in [0.15, 0.2) is 24.3 Å². The monoisotopic (exact) mass is 308 g/mol. The van der Waals surface area contributed by atoms with Crippen molar-refractivity contribution in [2.45, 2.75) is 25.8 Å². The molecule has 0 radical (unpaired) electrons. The zero-order valence-electron chi connectivity index (χ0n) is 13.2. The molecule has 0 saturated carbocycles. The predicted molar refractivity (Wildman–Crippen MR) is 88.1 cm³/mol. The van der Waals surface area contributed by atoms with E-state index in [2.05, 4.69) is 23.9 Å². The zero-order valence-corrected chi connectivity index (χ0v) is 13.9. The number of carbonyl (C=O) groups excluding carboxylic acids is 1. The van der Waals surface area contributed by atoms with E-state index < -0.39 is 0 Å². The molecule has 0 spiro atoms. The molecule has 1 aliphatic heterocycles. The second-order valence-electron chi connectivity index (χ2n) is 6.23. The lowest BCUT2D eigenvalue weighted by molar-refractivity contribution is 0.0829. The Hall–Kier alpha value is -0.900. The molecule has 1 atom stereocenters. The lowest BCUT2D eigenvalue weighted by atomic mass is 9.95. The van der Waals surface area contributed by atoms with E-state index in [1.165, 1.54) is 12.8 Å². The summed E-state index contributed by atoms with van der Waals surface area (Å²) in [6, 6.07) is 7.08. The number of ketones is 1. The van der Waals surface area contributed by atoms with Gasteiger partial charge in [-0.1, -0.05) is 11.6 Å². The number of nitrogens with zero attached hydrogens (tertiary/aromatic N) is 2. The summed E-state index contributed by atoms with van der Waals surface area (Å²) in [6.45, 7) is 5.32. The first-order valence-electron chi connectivity index (χ1n) is 7.66. The summed E-state index contributed by atoms with van der Waals surface area (Å²) in [5, 5.41) is 0.666. The minimum absolute atomic E-state index is 0.0918. The molecule has 1 aromatic rings. The van der Waals surface area contributed by atoms with Gasteiger partial charge < -0.3 is 4.90 Å². The van der Waals surface area contributed by atoms with Crippen LogP contribution in [0.3, 0.4) is 0 Å². The van der Waals surface area contributed by atoms with Crippen LogP contribution in [0, 0.1) is 5.92 Å². The minimum Gasteiger partial charge on any atom is -0.306 e. The van der Waals surface area contributed by atoms with E-state index in [0.717, 1.165) is 25.2 Å². The lowest BCUT2D eigenvalue weighted by Gasteiger charge is -2.33. The Morgan fingerprint density at radius 3 is 2.48 bits per heavy atom. The molecule has 3 nitrogen and oxygen atoms in total. The smallest absolute Gasteiger partial charge is 0.179 e. The van der Waals surface area contributed by atoms with Gasteiger partial charge in [0, 0.05) is 17.1 Å². The molecule has 0 aliphatic carbocycles. The van der Waals surface area contributed by atoms with Crippen molar-refractivity contribution in [1.82, 2.24) is 9.80 Å². The number of Topliss-reactive ketones (excluding diaryl/α,β-unsaturated/α-hetero) is 1. The summed E-state index contributed by atoms with van der Waals surface area (Å²) in [5.74, 6) is 0.869. The van der Waals surface area contributed by atoms with Crippen LogP contribution in [0.4, 0.5) is 0 Å². The number of hydrogen-bond donors (Lipinski definition) is 0. The first-order valence-corrected chi connectivity index (χ1v) is 8.03. The van der Waals surface area contributed by atoms with Crippen molar-refractivity contribution in [1.29, 1.82) is 0 Å². The van der Waals surface area contributed by atoms with E-state index in [4.69, 9.17) is 11.6 Å². The second-order valence-corrected chi connectivity index (χ2v) is 6.67. The highest BCUT2D eigenvalue weighted by atomic mass is 35.5. The Morgan fingerprint density at radius 2 is 1.90 bits per heavy atom. The van der Waals surface area contributed by atoms with Crippen molar-refractivity contribution < 1.29 is 4.79 Å². The molecule has 0 amide bonds. The molecule has 116 valence electrons. The number of rotatable bonds is 5. The maximum absolute atomic E-state index is 12.5. The van der Waals surface area contributed by atoms with Crippen molar-refractivity contribution in [3.05, 3.63) is 34.9 Å². The third-order valence-electron chi connectivity index (χ3n) is 4.55. The molecule has 1 heterocycles. The third-order valence-corrected chi connectivity index (χ3v) is 4.81. The molecule has 1 aromatic carbocycles. The fraction of sp³-hybridized carbons (Fsp3) is 0.588. The molecular weight excluding hydrogens is 284 g/mol. The standard InChI is InChI=1S/C17H25ClN2O/c1-13(17(21)15-4-6-16(18)7-5-15)20(3)12-14-8-10-19(2)11-9-14/h4-7,13-14H,8-12H2,1-3H3. The van der Waals surface area contributed by atoms with Gasteiger partial charge in [-0.25, -0.2) is 0 Å². The molecular formula is C17H25ClN2O. The molecule has 0 bridgehead atoms. The molecule has 1 saturated heterocycles. The molecule has 1 aliphatic rings. The van der Waals surface area contributed by atoms with Crippen LogP contribution in [-0.4, -0.2) is 55.4 Å². The number of likely N-dealkylation sites (N-methyl/N-ethyl adjacent to an activating group) is 1. The summed E-state index contributed by atoms with van der Waals surface area (Å²) >= 11 is 5.87. The summed E-state index contributed by atoms with van der Waals surface area (Å²) in [6.07, 6.45) is 2.45. The molecule has 0 aromatic heterocycles. The number of hydrogen-bond acceptors (Lipinski definition) is 3. The van der Waals surface area contributed by atoms with Crippen molar-refractivity contribution in [3.8, 4) is 0 Å². The third kappa shape index (κ3) is 4.53. The van der Waals surface area contributed by atoms with Crippen LogP contribution >= 0.6 is 11.6 Å². The van der Waals surface area contributed by atoms with E-state index in [1.54, 1.807) is 12.1 Å². The quantitative estimate of drug-likeness (QED) is 0.781. The number of carbonyl (C=O) groups is 1. The van der Waals surface area contributed by atoms with Gasteiger partial charge in [0.05, 0.1) is 6.04 Å². The first kappa shape index (κ1) is 16.5. The Labute approximate surface area is 132 Å². The fourth-order valence-corrected chi connectivity index (χ4v) is 2.99. The van der Waals surface area contributed by atoms with E-state index in [-0.39, 0.29) is 11.8 Å². The van der Waals surface area contributed by atoms with Crippen LogP contribution < -0.4 is 0 Å². The fourth-order valence-electron chi connectivity index (χ4n) is 2.87. The normalized spacial score (nSPS) is 18.9. The van der Waals surface area contributed by atoms with Gasteiger partial charge in [0.15, 0.2) is 5.78 Å². The number of benzene rings is 1.